The summed E-state index contributed by atoms with van der Waals surface area (Å²) in [6.45, 7) is 0. The van der Waals surface area contributed by atoms with Gasteiger partial charge in [-0.1, -0.05) is 36.4 Å². The quantitative estimate of drug-likeness (QED) is 0.0971. The maximum absolute atomic E-state index is 12.4. The van der Waals surface area contributed by atoms with E-state index in [0.29, 0.717) is 7.14 Å². The van der Waals surface area contributed by atoms with E-state index in [9.17, 15) is 68.8 Å². The van der Waals surface area contributed by atoms with Crippen LogP contribution in [0.25, 0.3) is 0 Å². The fourth-order valence-corrected chi connectivity index (χ4v) is 7.04. The number of hydrogen-bond donors (Lipinski definition) is 0. The van der Waals surface area contributed by atoms with Crippen molar-refractivity contribution in [1.82, 2.24) is 0 Å². The number of benzene rings is 4. The first kappa shape index (κ1) is 41.7. The molecule has 20 heteroatoms. The van der Waals surface area contributed by atoms with Gasteiger partial charge in [0.25, 0.3) is 0 Å². The second-order valence-corrected chi connectivity index (χ2v) is 16.2. The van der Waals surface area contributed by atoms with Gasteiger partial charge in [-0.15, -0.1) is 0 Å². The summed E-state index contributed by atoms with van der Waals surface area (Å²) in [4.78, 5) is 0. The Bertz CT molecular complexity index is 1350. The zero-order chi connectivity index (χ0) is 35.5. The molecule has 0 aromatic heterocycles. The Kier molecular flexibility index (Phi) is 14.3. The fraction of sp³-hybridized carbons (Fsp3) is 0.0769. The van der Waals surface area contributed by atoms with Crippen LogP contribution in [0.5, 0.6) is 0 Å². The average Bonchev–Trinajstić information content (AvgIpc) is 2.87. The van der Waals surface area contributed by atoms with Crippen LogP contribution in [0.15, 0.2) is 109 Å². The summed E-state index contributed by atoms with van der Waals surface area (Å²) in [7, 11) is -16.7. The molecule has 0 nitrogen and oxygen atoms in total. The van der Waals surface area contributed by atoms with E-state index >= 15 is 0 Å². The number of rotatable bonds is 4. The van der Waals surface area contributed by atoms with E-state index in [0.717, 1.165) is 24.3 Å². The Hall–Kier alpha value is -2.29. The molecule has 0 amide bonds. The molecule has 0 bridgehead atoms. The minimum absolute atomic E-state index is 0.0287. The minimum atomic E-state index is -10.7. The molecule has 4 aromatic rings. The molecule has 0 aliphatic rings. The summed E-state index contributed by atoms with van der Waals surface area (Å²) in [5.41, 5.74) is -1.47. The third-order valence-corrected chi connectivity index (χ3v) is 9.61. The van der Waals surface area contributed by atoms with Crippen molar-refractivity contribution in [3.8, 4) is 0 Å². The number of halogens is 18. The second kappa shape index (κ2) is 15.7. The monoisotopic (exact) mass is 930 g/mol. The minimum Gasteiger partial charge on any atom is -0.0619 e. The van der Waals surface area contributed by atoms with Crippen molar-refractivity contribution < 1.29 is 111 Å². The van der Waals surface area contributed by atoms with Gasteiger partial charge in [0.15, 0.2) is 14.3 Å². The Morgan fingerprint density at radius 3 is 0.783 bits per heavy atom. The molecule has 0 unspecified atom stereocenters. The van der Waals surface area contributed by atoms with Gasteiger partial charge in [-0.05, 0) is 72.8 Å². The van der Waals surface area contributed by atoms with Crippen LogP contribution in [0.1, 0.15) is 11.1 Å². The number of alkyl halides is 6. The van der Waals surface area contributed by atoms with Crippen molar-refractivity contribution in [3.05, 3.63) is 135 Å². The molecule has 0 N–H and O–H groups in total. The van der Waals surface area contributed by atoms with Gasteiger partial charge in [0, 0.05) is 0 Å². The van der Waals surface area contributed by atoms with Gasteiger partial charge in [0.1, 0.15) is 0 Å². The molecule has 0 heterocycles. The van der Waals surface area contributed by atoms with E-state index < -0.39 is 59.7 Å². The number of hydrogen-bond acceptors (Lipinski definition) is 0. The van der Waals surface area contributed by atoms with Crippen molar-refractivity contribution in [2.45, 2.75) is 12.4 Å². The Labute approximate surface area is 272 Å². The van der Waals surface area contributed by atoms with Gasteiger partial charge in [0.2, 0.25) is 0 Å². The van der Waals surface area contributed by atoms with Crippen molar-refractivity contribution in [2.75, 3.05) is 0 Å². The fourth-order valence-electron chi connectivity index (χ4n) is 2.61. The van der Waals surface area contributed by atoms with Crippen molar-refractivity contribution in [3.63, 3.8) is 0 Å². The molecule has 0 fully saturated rings. The maximum atomic E-state index is 12.4. The summed E-state index contributed by atoms with van der Waals surface area (Å²) >= 11 is -0.776. The first-order chi connectivity index (χ1) is 20.6. The molecule has 0 saturated carbocycles. The van der Waals surface area contributed by atoms with Crippen LogP contribution in [0.2, 0.25) is 0 Å². The molecule has 4 aromatic carbocycles. The summed E-state index contributed by atoms with van der Waals surface area (Å²) < 4.78 is 177. The summed E-state index contributed by atoms with van der Waals surface area (Å²) in [5, 5.41) is 0. The normalized spacial score (nSPS) is 13.3. The van der Waals surface area contributed by atoms with E-state index in [-0.39, 0.29) is 21.2 Å². The van der Waals surface area contributed by atoms with E-state index in [1.54, 1.807) is 0 Å². The first-order valence-electron chi connectivity index (χ1n) is 11.7. The average molecular weight is 930 g/mol. The van der Waals surface area contributed by atoms with Crippen molar-refractivity contribution in [2.24, 2.45) is 0 Å². The molecule has 0 aliphatic heterocycles. The molecule has 256 valence electrons. The van der Waals surface area contributed by atoms with Crippen LogP contribution in [0.4, 0.5) is 68.8 Å². The zero-order valence-electron chi connectivity index (χ0n) is 22.2. The standard InChI is InChI=1S/C14H8F6I.C12H10I.BF4.F6P/c15-13(16,17)9-1-5-11(6-2-9)21-12-7-3-10(4-8-12)14(18,19)20;1-3-7-11(8-4-1)13-12-9-5-2-6-10-12;2-1(3,4)5;1-7(2,3,4,5)6/h1-8H;1-10H;;/q2*+1;2*-1. The van der Waals surface area contributed by atoms with E-state index in [2.05, 4.69) is 60.7 Å². The van der Waals surface area contributed by atoms with E-state index in [1.807, 2.05) is 0 Å². The smallest absolute Gasteiger partial charge is 0.0619 e. The largest absolute Gasteiger partial charge is 0.357 e. The Balaban J connectivity index is 0.000000358. The van der Waals surface area contributed by atoms with Gasteiger partial charge < -0.3 is 17.3 Å². The second-order valence-electron chi connectivity index (χ2n) is 8.24. The van der Waals surface area contributed by atoms with Crippen LogP contribution >= 0.6 is 7.81 Å². The summed E-state index contributed by atoms with van der Waals surface area (Å²) in [6.07, 6.45) is -8.77. The topological polar surface area (TPSA) is 0 Å². The zero-order valence-corrected chi connectivity index (χ0v) is 27.4. The molecule has 0 radical (unpaired) electrons. The van der Waals surface area contributed by atoms with Gasteiger partial charge in [-0.25, -0.2) is 0 Å². The predicted octanol–water partition coefficient (Wildman–Crippen LogP) is 6.35. The van der Waals surface area contributed by atoms with Crippen LogP contribution in [-0.4, -0.2) is 7.25 Å². The molecule has 46 heavy (non-hydrogen) atoms. The molecule has 0 spiro atoms. The molecular weight excluding hydrogens is 912 g/mol. The molecule has 0 saturated heterocycles. The maximum Gasteiger partial charge on any atom is 0.357 e. The molecular formula is C26H18BF16I2P. The van der Waals surface area contributed by atoms with Crippen LogP contribution in [0, 0.1) is 14.3 Å². The van der Waals surface area contributed by atoms with E-state index in [1.165, 1.54) is 31.4 Å². The molecule has 0 aliphatic carbocycles. The van der Waals surface area contributed by atoms with Crippen LogP contribution in [0.3, 0.4) is 0 Å². The van der Waals surface area contributed by atoms with Crippen LogP contribution in [-0.2, 0) is 12.4 Å². The Morgan fingerprint density at radius 1 is 0.391 bits per heavy atom. The van der Waals surface area contributed by atoms with Crippen LogP contribution < -0.4 is 42.4 Å². The summed E-state index contributed by atoms with van der Waals surface area (Å²) in [5.74, 6) is 0. The van der Waals surface area contributed by atoms with Crippen molar-refractivity contribution >= 4 is 15.1 Å². The SMILES string of the molecule is FC(F)(F)c1ccc([I+]c2ccc(C(F)(F)F)cc2)cc1.F[B-](F)(F)F.F[P-](F)(F)(F)(F)F.c1ccc([I+]c2ccccc2)cc1. The third kappa shape index (κ3) is 24.0. The van der Waals surface area contributed by atoms with Gasteiger partial charge in [0.05, 0.1) is 11.1 Å². The van der Waals surface area contributed by atoms with E-state index in [4.69, 9.17) is 0 Å². The van der Waals surface area contributed by atoms with Crippen molar-refractivity contribution in [1.29, 1.82) is 0 Å². The third-order valence-electron chi connectivity index (χ3n) is 4.25. The Morgan fingerprint density at radius 2 is 0.587 bits per heavy atom. The predicted molar refractivity (Wildman–Crippen MR) is 134 cm³/mol. The van der Waals surface area contributed by atoms with Gasteiger partial charge in [-0.3, -0.25) is 0 Å². The molecule has 4 rings (SSSR count). The molecule has 0 atom stereocenters. The first-order valence-corrected chi connectivity index (χ1v) is 18.1. The van der Waals surface area contributed by atoms with Gasteiger partial charge in [-0.2, -0.15) is 26.3 Å². The summed E-state index contributed by atoms with van der Waals surface area (Å²) in [6, 6.07) is 30.8. The van der Waals surface area contributed by atoms with Gasteiger partial charge >= 0.3 is 95.0 Å².